The molecular formula is C12H19N2O3+. The molecule has 0 radical (unpaired) electrons. The number of carbonyl (C=O) groups excluding carboxylic acids is 1. The van der Waals surface area contributed by atoms with Gasteiger partial charge in [-0.15, -0.1) is 0 Å². The second kappa shape index (κ2) is 6.42. The van der Waals surface area contributed by atoms with Gasteiger partial charge in [-0.05, 0) is 12.1 Å². The van der Waals surface area contributed by atoms with Crippen LogP contribution in [0.5, 0.6) is 0 Å². The predicted molar refractivity (Wildman–Crippen MR) is 62.0 cm³/mol. The molecule has 5 nitrogen and oxygen atoms in total. The molecular weight excluding hydrogens is 220 g/mol. The van der Waals surface area contributed by atoms with E-state index < -0.39 is 0 Å². The van der Waals surface area contributed by atoms with E-state index in [0.29, 0.717) is 12.3 Å². The molecule has 0 aliphatic carbocycles. The van der Waals surface area contributed by atoms with Gasteiger partial charge in [-0.2, -0.15) is 0 Å². The zero-order valence-corrected chi connectivity index (χ0v) is 9.91. The Kier molecular flexibility index (Phi) is 4.58. The summed E-state index contributed by atoms with van der Waals surface area (Å²) in [7, 11) is 0. The first-order valence-corrected chi connectivity index (χ1v) is 6.09. The summed E-state index contributed by atoms with van der Waals surface area (Å²) in [5, 5.41) is 2.85. The number of ether oxygens (including phenoxy) is 1. The number of rotatable bonds is 5. The van der Waals surface area contributed by atoms with Crippen molar-refractivity contribution in [3.63, 3.8) is 0 Å². The lowest BCUT2D eigenvalue weighted by Crippen LogP contribution is -3.14. The van der Waals surface area contributed by atoms with Crippen LogP contribution in [-0.2, 0) is 4.74 Å². The van der Waals surface area contributed by atoms with Gasteiger partial charge in [0.15, 0.2) is 5.76 Å². The van der Waals surface area contributed by atoms with E-state index in [1.807, 2.05) is 0 Å². The van der Waals surface area contributed by atoms with E-state index in [0.717, 1.165) is 39.3 Å². The number of hydrogen-bond acceptors (Lipinski definition) is 3. The van der Waals surface area contributed by atoms with Crippen molar-refractivity contribution in [2.75, 3.05) is 39.4 Å². The number of nitrogens with one attached hydrogen (secondary N) is 2. The highest BCUT2D eigenvalue weighted by molar-refractivity contribution is 5.91. The standard InChI is InChI=1S/C12H18N2O3/c15-12(11-3-1-8-17-11)13-4-2-5-14-6-9-16-10-7-14/h1,3,8H,2,4-7,9-10H2,(H,13,15)/p+1. The number of amides is 1. The van der Waals surface area contributed by atoms with Gasteiger partial charge >= 0.3 is 0 Å². The van der Waals surface area contributed by atoms with E-state index in [4.69, 9.17) is 9.15 Å². The van der Waals surface area contributed by atoms with E-state index in [-0.39, 0.29) is 5.91 Å². The van der Waals surface area contributed by atoms with Gasteiger partial charge in [0, 0.05) is 13.0 Å². The van der Waals surface area contributed by atoms with E-state index in [9.17, 15) is 4.79 Å². The van der Waals surface area contributed by atoms with Crippen LogP contribution in [0.15, 0.2) is 22.8 Å². The monoisotopic (exact) mass is 239 g/mol. The van der Waals surface area contributed by atoms with Crippen molar-refractivity contribution in [1.29, 1.82) is 0 Å². The number of furan rings is 1. The van der Waals surface area contributed by atoms with Crippen molar-refractivity contribution in [3.05, 3.63) is 24.2 Å². The number of quaternary nitrogens is 1. The molecule has 0 saturated carbocycles. The van der Waals surface area contributed by atoms with Gasteiger partial charge in [-0.1, -0.05) is 0 Å². The van der Waals surface area contributed by atoms with E-state index in [2.05, 4.69) is 5.32 Å². The fourth-order valence-corrected chi connectivity index (χ4v) is 1.95. The number of hydrogen-bond donors (Lipinski definition) is 2. The quantitative estimate of drug-likeness (QED) is 0.669. The van der Waals surface area contributed by atoms with Gasteiger partial charge in [0.05, 0.1) is 26.0 Å². The zero-order valence-electron chi connectivity index (χ0n) is 9.91. The average molecular weight is 239 g/mol. The molecule has 0 unspecified atom stereocenters. The van der Waals surface area contributed by atoms with Crippen LogP contribution in [0.3, 0.4) is 0 Å². The second-order valence-electron chi connectivity index (χ2n) is 4.20. The maximum absolute atomic E-state index is 11.5. The molecule has 0 spiro atoms. The molecule has 1 aromatic heterocycles. The molecule has 1 saturated heterocycles. The van der Waals surface area contributed by atoms with Crippen LogP contribution in [0.25, 0.3) is 0 Å². The minimum Gasteiger partial charge on any atom is -0.459 e. The van der Waals surface area contributed by atoms with E-state index in [1.165, 1.54) is 6.26 Å². The summed E-state index contributed by atoms with van der Waals surface area (Å²) >= 11 is 0. The summed E-state index contributed by atoms with van der Waals surface area (Å²) in [6, 6.07) is 3.38. The first-order valence-electron chi connectivity index (χ1n) is 6.09. The smallest absolute Gasteiger partial charge is 0.286 e. The maximum atomic E-state index is 11.5. The highest BCUT2D eigenvalue weighted by atomic mass is 16.5. The Bertz CT molecular complexity index is 332. The van der Waals surface area contributed by atoms with E-state index in [1.54, 1.807) is 17.0 Å². The Morgan fingerprint density at radius 1 is 1.41 bits per heavy atom. The van der Waals surface area contributed by atoms with Crippen LogP contribution in [0, 0.1) is 0 Å². The molecule has 0 aromatic carbocycles. The van der Waals surface area contributed by atoms with Crippen molar-refractivity contribution >= 4 is 5.91 Å². The third-order valence-electron chi connectivity index (χ3n) is 2.94. The first-order chi connectivity index (χ1) is 8.36. The molecule has 5 heteroatoms. The van der Waals surface area contributed by atoms with Crippen LogP contribution in [0.4, 0.5) is 0 Å². The number of morpholine rings is 1. The minimum atomic E-state index is -0.132. The molecule has 1 fully saturated rings. The second-order valence-corrected chi connectivity index (χ2v) is 4.20. The molecule has 1 aromatic rings. The lowest BCUT2D eigenvalue weighted by molar-refractivity contribution is -0.908. The summed E-state index contributed by atoms with van der Waals surface area (Å²) in [5.41, 5.74) is 0. The summed E-state index contributed by atoms with van der Waals surface area (Å²) in [6.45, 7) is 5.64. The van der Waals surface area contributed by atoms with Crippen molar-refractivity contribution in [3.8, 4) is 0 Å². The molecule has 2 rings (SSSR count). The van der Waals surface area contributed by atoms with E-state index >= 15 is 0 Å². The van der Waals surface area contributed by atoms with Gasteiger partial charge in [-0.25, -0.2) is 0 Å². The van der Waals surface area contributed by atoms with Gasteiger partial charge in [0.2, 0.25) is 0 Å². The highest BCUT2D eigenvalue weighted by Gasteiger charge is 2.13. The topological polar surface area (TPSA) is 55.9 Å². The molecule has 0 atom stereocenters. The minimum absolute atomic E-state index is 0.132. The van der Waals surface area contributed by atoms with Gasteiger partial charge < -0.3 is 19.4 Å². The van der Waals surface area contributed by atoms with Crippen LogP contribution in [-0.4, -0.2) is 45.3 Å². The number of carbonyl (C=O) groups is 1. The van der Waals surface area contributed by atoms with Gasteiger partial charge in [0.1, 0.15) is 13.1 Å². The Labute approximate surface area is 101 Å². The van der Waals surface area contributed by atoms with Crippen LogP contribution in [0.2, 0.25) is 0 Å². The summed E-state index contributed by atoms with van der Waals surface area (Å²) in [6.07, 6.45) is 2.49. The molecule has 2 N–H and O–H groups in total. The molecule has 1 amide bonds. The maximum Gasteiger partial charge on any atom is 0.286 e. The van der Waals surface area contributed by atoms with Gasteiger partial charge in [0.25, 0.3) is 5.91 Å². The molecule has 0 bridgehead atoms. The Morgan fingerprint density at radius 2 is 2.24 bits per heavy atom. The fraction of sp³-hybridized carbons (Fsp3) is 0.583. The van der Waals surface area contributed by atoms with Crippen LogP contribution < -0.4 is 10.2 Å². The molecule has 94 valence electrons. The Balaban J connectivity index is 1.58. The fourth-order valence-electron chi connectivity index (χ4n) is 1.95. The zero-order chi connectivity index (χ0) is 11.9. The van der Waals surface area contributed by atoms with Crippen molar-refractivity contribution in [2.24, 2.45) is 0 Å². The molecule has 1 aliphatic heterocycles. The average Bonchev–Trinajstić information content (AvgIpc) is 2.89. The molecule has 17 heavy (non-hydrogen) atoms. The van der Waals surface area contributed by atoms with Crippen LogP contribution >= 0.6 is 0 Å². The van der Waals surface area contributed by atoms with Crippen molar-refractivity contribution < 1.29 is 18.8 Å². The SMILES string of the molecule is O=C(NCCC[NH+]1CCOCC1)c1ccco1. The molecule has 1 aliphatic rings. The van der Waals surface area contributed by atoms with Gasteiger partial charge in [-0.3, -0.25) is 4.79 Å². The normalized spacial score (nSPS) is 16.9. The lowest BCUT2D eigenvalue weighted by Gasteiger charge is -2.23. The van der Waals surface area contributed by atoms with Crippen molar-refractivity contribution in [1.82, 2.24) is 5.32 Å². The van der Waals surface area contributed by atoms with Crippen LogP contribution in [0.1, 0.15) is 17.0 Å². The summed E-state index contributed by atoms with van der Waals surface area (Å²) in [4.78, 5) is 13.1. The Morgan fingerprint density at radius 3 is 2.94 bits per heavy atom. The highest BCUT2D eigenvalue weighted by Crippen LogP contribution is 1.98. The lowest BCUT2D eigenvalue weighted by atomic mass is 10.3. The predicted octanol–water partition coefficient (Wildman–Crippen LogP) is -0.685. The third kappa shape index (κ3) is 3.87. The van der Waals surface area contributed by atoms with Crippen molar-refractivity contribution in [2.45, 2.75) is 6.42 Å². The summed E-state index contributed by atoms with van der Waals surface area (Å²) < 4.78 is 10.3. The third-order valence-corrected chi connectivity index (χ3v) is 2.94. The Hall–Kier alpha value is -1.33. The first kappa shape index (κ1) is 12.1. The molecule has 2 heterocycles. The largest absolute Gasteiger partial charge is 0.459 e. The summed E-state index contributed by atoms with van der Waals surface area (Å²) in [5.74, 6) is 0.246.